The average molecular weight is 217 g/mol. The van der Waals surface area contributed by atoms with Crippen molar-refractivity contribution in [3.8, 4) is 0 Å². The lowest BCUT2D eigenvalue weighted by Crippen LogP contribution is -2.36. The first-order valence-electron chi connectivity index (χ1n) is 6.08. The highest BCUT2D eigenvalue weighted by Crippen LogP contribution is 2.19. The van der Waals surface area contributed by atoms with Crippen molar-refractivity contribution < 1.29 is 4.79 Å². The third-order valence-electron chi connectivity index (χ3n) is 3.41. The van der Waals surface area contributed by atoms with Gasteiger partial charge in [-0.1, -0.05) is 24.6 Å². The topological polar surface area (TPSA) is 20.3 Å². The SMILES string of the molecule is C[C@@H]1CCCCN1Cc1cccc(C=O)c1. The van der Waals surface area contributed by atoms with Gasteiger partial charge in [0.1, 0.15) is 6.29 Å². The predicted octanol–water partition coefficient (Wildman–Crippen LogP) is 2.87. The maximum absolute atomic E-state index is 10.7. The lowest BCUT2D eigenvalue weighted by molar-refractivity contribution is 0.112. The van der Waals surface area contributed by atoms with Gasteiger partial charge in [0.25, 0.3) is 0 Å². The van der Waals surface area contributed by atoms with Crippen LogP contribution in [-0.2, 0) is 6.54 Å². The third kappa shape index (κ3) is 2.70. The second-order valence-electron chi connectivity index (χ2n) is 4.68. The highest BCUT2D eigenvalue weighted by atomic mass is 16.1. The molecule has 1 aliphatic heterocycles. The van der Waals surface area contributed by atoms with Crippen molar-refractivity contribution >= 4 is 6.29 Å². The Bertz CT molecular complexity index is 362. The van der Waals surface area contributed by atoms with E-state index in [-0.39, 0.29) is 0 Å². The summed E-state index contributed by atoms with van der Waals surface area (Å²) in [5, 5.41) is 0. The number of carbonyl (C=O) groups is 1. The number of carbonyl (C=O) groups excluding carboxylic acids is 1. The molecule has 0 aromatic heterocycles. The van der Waals surface area contributed by atoms with Crippen molar-refractivity contribution in [2.24, 2.45) is 0 Å². The van der Waals surface area contributed by atoms with Crippen LogP contribution in [0.2, 0.25) is 0 Å². The maximum Gasteiger partial charge on any atom is 0.150 e. The van der Waals surface area contributed by atoms with E-state index >= 15 is 0 Å². The minimum atomic E-state index is 0.675. The van der Waals surface area contributed by atoms with Crippen LogP contribution < -0.4 is 0 Å². The summed E-state index contributed by atoms with van der Waals surface area (Å²) in [5.41, 5.74) is 2.03. The Labute approximate surface area is 97.3 Å². The highest BCUT2D eigenvalue weighted by molar-refractivity contribution is 5.74. The number of aldehydes is 1. The number of likely N-dealkylation sites (tertiary alicyclic amines) is 1. The van der Waals surface area contributed by atoms with E-state index in [9.17, 15) is 4.79 Å². The molecule has 2 rings (SSSR count). The summed E-state index contributed by atoms with van der Waals surface area (Å²) in [4.78, 5) is 13.2. The quantitative estimate of drug-likeness (QED) is 0.726. The average Bonchev–Trinajstić information content (AvgIpc) is 2.32. The zero-order chi connectivity index (χ0) is 11.4. The van der Waals surface area contributed by atoms with Crippen LogP contribution >= 0.6 is 0 Å². The highest BCUT2D eigenvalue weighted by Gasteiger charge is 2.17. The molecule has 0 spiro atoms. The number of rotatable bonds is 3. The zero-order valence-electron chi connectivity index (χ0n) is 9.86. The Hall–Kier alpha value is -1.15. The summed E-state index contributed by atoms with van der Waals surface area (Å²) in [6.07, 6.45) is 4.88. The fourth-order valence-corrected chi connectivity index (χ4v) is 2.39. The van der Waals surface area contributed by atoms with E-state index in [4.69, 9.17) is 0 Å². The number of benzene rings is 1. The van der Waals surface area contributed by atoms with Crippen molar-refractivity contribution in [3.05, 3.63) is 35.4 Å². The molecule has 86 valence electrons. The van der Waals surface area contributed by atoms with Gasteiger partial charge in [0.05, 0.1) is 0 Å². The molecule has 0 saturated carbocycles. The molecule has 1 aliphatic rings. The van der Waals surface area contributed by atoms with E-state index < -0.39 is 0 Å². The molecule has 0 amide bonds. The van der Waals surface area contributed by atoms with E-state index in [1.54, 1.807) is 0 Å². The Kier molecular flexibility index (Phi) is 3.73. The van der Waals surface area contributed by atoms with E-state index in [2.05, 4.69) is 17.9 Å². The Morgan fingerprint density at radius 3 is 3.06 bits per heavy atom. The van der Waals surface area contributed by atoms with Crippen LogP contribution in [0.1, 0.15) is 42.1 Å². The van der Waals surface area contributed by atoms with Crippen molar-refractivity contribution in [1.82, 2.24) is 4.90 Å². The largest absolute Gasteiger partial charge is 0.298 e. The predicted molar refractivity (Wildman–Crippen MR) is 65.6 cm³/mol. The van der Waals surface area contributed by atoms with Crippen LogP contribution in [0.25, 0.3) is 0 Å². The van der Waals surface area contributed by atoms with Crippen LogP contribution in [-0.4, -0.2) is 23.8 Å². The normalized spacial score (nSPS) is 21.9. The Balaban J connectivity index is 2.04. The second-order valence-corrected chi connectivity index (χ2v) is 4.68. The van der Waals surface area contributed by atoms with Crippen LogP contribution in [0.3, 0.4) is 0 Å². The number of piperidine rings is 1. The van der Waals surface area contributed by atoms with Crippen LogP contribution in [0.4, 0.5) is 0 Å². The Morgan fingerprint density at radius 2 is 2.31 bits per heavy atom. The van der Waals surface area contributed by atoms with Crippen LogP contribution in [0.15, 0.2) is 24.3 Å². The molecular formula is C14H19NO. The molecule has 0 radical (unpaired) electrons. The standard InChI is InChI=1S/C14H19NO/c1-12-5-2-3-8-15(12)10-13-6-4-7-14(9-13)11-16/h4,6-7,9,11-12H,2-3,5,8,10H2,1H3/t12-/m1/s1. The first-order chi connectivity index (χ1) is 7.79. The molecule has 16 heavy (non-hydrogen) atoms. The Morgan fingerprint density at radius 1 is 1.44 bits per heavy atom. The van der Waals surface area contributed by atoms with Crippen molar-refractivity contribution in [2.75, 3.05) is 6.54 Å². The van der Waals surface area contributed by atoms with Crippen LogP contribution in [0, 0.1) is 0 Å². The van der Waals surface area contributed by atoms with Crippen molar-refractivity contribution in [1.29, 1.82) is 0 Å². The van der Waals surface area contributed by atoms with Gasteiger partial charge < -0.3 is 0 Å². The summed E-state index contributed by atoms with van der Waals surface area (Å²) in [6.45, 7) is 4.46. The van der Waals surface area contributed by atoms with Gasteiger partial charge in [-0.15, -0.1) is 0 Å². The van der Waals surface area contributed by atoms with Gasteiger partial charge in [-0.2, -0.15) is 0 Å². The minimum Gasteiger partial charge on any atom is -0.298 e. The molecule has 0 bridgehead atoms. The molecule has 2 nitrogen and oxygen atoms in total. The molecule has 1 atom stereocenters. The second kappa shape index (κ2) is 5.26. The lowest BCUT2D eigenvalue weighted by Gasteiger charge is -2.33. The van der Waals surface area contributed by atoms with E-state index in [1.165, 1.54) is 31.4 Å². The summed E-state index contributed by atoms with van der Waals surface area (Å²) in [6, 6.07) is 8.60. The molecule has 0 unspecified atom stereocenters. The lowest BCUT2D eigenvalue weighted by atomic mass is 10.0. The molecular weight excluding hydrogens is 198 g/mol. The number of hydrogen-bond acceptors (Lipinski definition) is 2. The van der Waals surface area contributed by atoms with Gasteiger partial charge in [0.2, 0.25) is 0 Å². The zero-order valence-corrected chi connectivity index (χ0v) is 9.86. The minimum absolute atomic E-state index is 0.675. The molecule has 0 aliphatic carbocycles. The molecule has 1 heterocycles. The molecule has 1 fully saturated rings. The van der Waals surface area contributed by atoms with Gasteiger partial charge in [-0.05, 0) is 37.9 Å². The fraction of sp³-hybridized carbons (Fsp3) is 0.500. The molecule has 0 N–H and O–H groups in total. The number of hydrogen-bond donors (Lipinski definition) is 0. The smallest absolute Gasteiger partial charge is 0.150 e. The summed E-state index contributed by atoms with van der Waals surface area (Å²) in [5.74, 6) is 0. The molecule has 1 aromatic carbocycles. The molecule has 1 aromatic rings. The van der Waals surface area contributed by atoms with E-state index in [1.807, 2.05) is 18.2 Å². The van der Waals surface area contributed by atoms with Gasteiger partial charge in [-0.3, -0.25) is 9.69 Å². The molecule has 1 saturated heterocycles. The summed E-state index contributed by atoms with van der Waals surface area (Å²) >= 11 is 0. The van der Waals surface area contributed by atoms with Crippen molar-refractivity contribution in [2.45, 2.75) is 38.8 Å². The fourth-order valence-electron chi connectivity index (χ4n) is 2.39. The van der Waals surface area contributed by atoms with Gasteiger partial charge in [-0.25, -0.2) is 0 Å². The third-order valence-corrected chi connectivity index (χ3v) is 3.41. The first-order valence-corrected chi connectivity index (χ1v) is 6.08. The summed E-state index contributed by atoms with van der Waals surface area (Å²) in [7, 11) is 0. The van der Waals surface area contributed by atoms with E-state index in [0.717, 1.165) is 18.4 Å². The van der Waals surface area contributed by atoms with Gasteiger partial charge in [0.15, 0.2) is 0 Å². The van der Waals surface area contributed by atoms with Crippen molar-refractivity contribution in [3.63, 3.8) is 0 Å². The van der Waals surface area contributed by atoms with Gasteiger partial charge in [0, 0.05) is 18.2 Å². The summed E-state index contributed by atoms with van der Waals surface area (Å²) < 4.78 is 0. The molecule has 2 heteroatoms. The van der Waals surface area contributed by atoms with E-state index in [0.29, 0.717) is 6.04 Å². The monoisotopic (exact) mass is 217 g/mol. The number of nitrogens with zero attached hydrogens (tertiary/aromatic N) is 1. The maximum atomic E-state index is 10.7. The first kappa shape index (κ1) is 11.3. The van der Waals surface area contributed by atoms with Gasteiger partial charge >= 0.3 is 0 Å². The van der Waals surface area contributed by atoms with Crippen LogP contribution in [0.5, 0.6) is 0 Å².